The highest BCUT2D eigenvalue weighted by Crippen LogP contribution is 2.29. The molecule has 2 nitrogen and oxygen atoms in total. The molecule has 3 heteroatoms. The molecule has 3 rings (SSSR count). The molecule has 1 unspecified atom stereocenters. The van der Waals surface area contributed by atoms with Crippen molar-refractivity contribution in [3.05, 3.63) is 40.8 Å². The molecule has 2 aromatic rings. The van der Waals surface area contributed by atoms with E-state index in [1.807, 2.05) is 11.3 Å². The number of benzene rings is 1. The van der Waals surface area contributed by atoms with Gasteiger partial charge in [-0.25, -0.2) is 0 Å². The first-order valence-corrected chi connectivity index (χ1v) is 6.45. The van der Waals surface area contributed by atoms with Crippen molar-refractivity contribution in [1.82, 2.24) is 0 Å². The van der Waals surface area contributed by atoms with Crippen LogP contribution in [-0.2, 0) is 0 Å². The summed E-state index contributed by atoms with van der Waals surface area (Å²) in [6.45, 7) is 3.38. The average Bonchev–Trinajstić information content (AvgIpc) is 2.74. The SMILES string of the molecule is CC1CN(C)c2ccccc2-[n+]2ccsc21. The number of thiazole rings is 1. The molecule has 2 heterocycles. The van der Waals surface area contributed by atoms with Crippen LogP contribution in [0, 0.1) is 0 Å². The van der Waals surface area contributed by atoms with Gasteiger partial charge in [-0.3, -0.25) is 0 Å². The van der Waals surface area contributed by atoms with Crippen molar-refractivity contribution in [2.24, 2.45) is 0 Å². The van der Waals surface area contributed by atoms with Gasteiger partial charge in [-0.05, 0) is 13.0 Å². The van der Waals surface area contributed by atoms with Crippen LogP contribution in [0.3, 0.4) is 0 Å². The van der Waals surface area contributed by atoms with Gasteiger partial charge in [0.05, 0.1) is 11.3 Å². The first kappa shape index (κ1) is 9.85. The van der Waals surface area contributed by atoms with E-state index < -0.39 is 0 Å². The summed E-state index contributed by atoms with van der Waals surface area (Å²) >= 11 is 1.85. The lowest BCUT2D eigenvalue weighted by Crippen LogP contribution is -2.32. The lowest BCUT2D eigenvalue weighted by Gasteiger charge is -2.17. The van der Waals surface area contributed by atoms with Crippen LogP contribution in [0.1, 0.15) is 17.8 Å². The summed E-state index contributed by atoms with van der Waals surface area (Å²) in [6, 6.07) is 8.61. The Balaban J connectivity index is 2.28. The zero-order chi connectivity index (χ0) is 11.1. The smallest absolute Gasteiger partial charge is 0.247 e. The number of para-hydroxylation sites is 2. The number of anilines is 1. The Bertz CT molecular complexity index is 518. The first-order valence-electron chi connectivity index (χ1n) is 5.57. The Morgan fingerprint density at radius 2 is 2.19 bits per heavy atom. The molecule has 0 spiro atoms. The third-order valence-electron chi connectivity index (χ3n) is 3.16. The molecule has 0 saturated heterocycles. The van der Waals surface area contributed by atoms with E-state index in [4.69, 9.17) is 0 Å². The van der Waals surface area contributed by atoms with Gasteiger partial charge in [0.25, 0.3) is 0 Å². The minimum absolute atomic E-state index is 0.581. The van der Waals surface area contributed by atoms with Gasteiger partial charge >= 0.3 is 0 Å². The van der Waals surface area contributed by atoms with Crippen LogP contribution >= 0.6 is 11.3 Å². The van der Waals surface area contributed by atoms with Crippen LogP contribution < -0.4 is 9.47 Å². The van der Waals surface area contributed by atoms with Gasteiger partial charge in [-0.15, -0.1) is 0 Å². The summed E-state index contributed by atoms with van der Waals surface area (Å²) in [4.78, 5) is 2.35. The standard InChI is InChI=1S/C13H15N2S/c1-10-9-14(2)11-5-3-4-6-12(11)15-7-8-16-13(10)15/h3-8,10H,9H2,1-2H3/q+1. The molecule has 1 aromatic carbocycles. The maximum Gasteiger partial charge on any atom is 0.247 e. The van der Waals surface area contributed by atoms with Crippen molar-refractivity contribution in [1.29, 1.82) is 0 Å². The van der Waals surface area contributed by atoms with Gasteiger partial charge in [0.1, 0.15) is 5.69 Å². The molecule has 0 bridgehead atoms. The van der Waals surface area contributed by atoms with Crippen molar-refractivity contribution in [3.8, 4) is 5.69 Å². The van der Waals surface area contributed by atoms with E-state index in [0.717, 1.165) is 6.54 Å². The number of aromatic nitrogens is 1. The van der Waals surface area contributed by atoms with Gasteiger partial charge in [0.2, 0.25) is 10.7 Å². The average molecular weight is 231 g/mol. The molecule has 0 amide bonds. The van der Waals surface area contributed by atoms with Crippen LogP contribution in [0.2, 0.25) is 0 Å². The number of rotatable bonds is 0. The molecule has 0 saturated carbocycles. The van der Waals surface area contributed by atoms with E-state index in [0.29, 0.717) is 5.92 Å². The molecule has 1 aliphatic rings. The van der Waals surface area contributed by atoms with Gasteiger partial charge in [-0.2, -0.15) is 4.57 Å². The van der Waals surface area contributed by atoms with Crippen LogP contribution in [0.5, 0.6) is 0 Å². The van der Waals surface area contributed by atoms with Crippen LogP contribution in [-0.4, -0.2) is 13.6 Å². The fourth-order valence-corrected chi connectivity index (χ4v) is 3.32. The summed E-state index contributed by atoms with van der Waals surface area (Å²) in [5.41, 5.74) is 2.61. The second-order valence-corrected chi connectivity index (χ2v) is 5.31. The second-order valence-electron chi connectivity index (χ2n) is 4.38. The highest BCUT2D eigenvalue weighted by molar-refractivity contribution is 7.09. The Hall–Kier alpha value is -1.35. The predicted molar refractivity (Wildman–Crippen MR) is 67.5 cm³/mol. The molecule has 1 aliphatic heterocycles. The lowest BCUT2D eigenvalue weighted by atomic mass is 10.2. The zero-order valence-electron chi connectivity index (χ0n) is 9.55. The molecule has 82 valence electrons. The number of hydrogen-bond acceptors (Lipinski definition) is 2. The number of nitrogens with zero attached hydrogens (tertiary/aromatic N) is 2. The number of fused-ring (bicyclic) bond motifs is 3. The third-order valence-corrected chi connectivity index (χ3v) is 4.26. The highest BCUT2D eigenvalue weighted by Gasteiger charge is 2.29. The third kappa shape index (κ3) is 1.35. The predicted octanol–water partition coefficient (Wildman–Crippen LogP) is 2.58. The summed E-state index contributed by atoms with van der Waals surface area (Å²) in [5, 5.41) is 3.62. The van der Waals surface area contributed by atoms with E-state index in [-0.39, 0.29) is 0 Å². The Labute approximate surface area is 99.8 Å². The minimum atomic E-state index is 0.581. The highest BCUT2D eigenvalue weighted by atomic mass is 32.1. The van der Waals surface area contributed by atoms with Gasteiger partial charge in [-0.1, -0.05) is 23.5 Å². The summed E-state index contributed by atoms with van der Waals surface area (Å²) < 4.78 is 2.33. The molecule has 0 radical (unpaired) electrons. The maximum atomic E-state index is 2.35. The number of likely N-dealkylation sites (N-methyl/N-ethyl adjacent to an activating group) is 1. The summed E-state index contributed by atoms with van der Waals surface area (Å²) in [5.74, 6) is 0.581. The molecular formula is C13H15N2S+. The Kier molecular flexibility index (Phi) is 2.21. The fourth-order valence-electron chi connectivity index (χ4n) is 2.42. The molecule has 1 atom stereocenters. The van der Waals surface area contributed by atoms with Crippen molar-refractivity contribution < 1.29 is 4.57 Å². The second kappa shape index (κ2) is 3.59. The van der Waals surface area contributed by atoms with Gasteiger partial charge < -0.3 is 4.90 Å². The van der Waals surface area contributed by atoms with Crippen molar-refractivity contribution >= 4 is 17.0 Å². The Morgan fingerprint density at radius 3 is 3.06 bits per heavy atom. The maximum absolute atomic E-state index is 2.35. The Morgan fingerprint density at radius 1 is 1.38 bits per heavy atom. The fraction of sp³-hybridized carbons (Fsp3) is 0.308. The zero-order valence-corrected chi connectivity index (χ0v) is 10.4. The molecule has 1 aromatic heterocycles. The monoisotopic (exact) mass is 231 g/mol. The van der Waals surface area contributed by atoms with E-state index in [2.05, 4.69) is 59.3 Å². The number of hydrogen-bond donors (Lipinski definition) is 0. The normalized spacial score (nSPS) is 18.9. The van der Waals surface area contributed by atoms with Gasteiger partial charge in [0.15, 0.2) is 6.20 Å². The topological polar surface area (TPSA) is 7.12 Å². The van der Waals surface area contributed by atoms with Crippen molar-refractivity contribution in [2.75, 3.05) is 18.5 Å². The van der Waals surface area contributed by atoms with Crippen LogP contribution in [0.15, 0.2) is 35.8 Å². The van der Waals surface area contributed by atoms with Gasteiger partial charge in [0, 0.05) is 19.7 Å². The van der Waals surface area contributed by atoms with Crippen LogP contribution in [0.25, 0.3) is 5.69 Å². The van der Waals surface area contributed by atoms with E-state index >= 15 is 0 Å². The molecule has 16 heavy (non-hydrogen) atoms. The minimum Gasteiger partial charge on any atom is -0.368 e. The molecular weight excluding hydrogens is 216 g/mol. The van der Waals surface area contributed by atoms with E-state index in [1.165, 1.54) is 16.4 Å². The molecule has 0 fully saturated rings. The quantitative estimate of drug-likeness (QED) is 0.632. The first-order chi connectivity index (χ1) is 7.77. The summed E-state index contributed by atoms with van der Waals surface area (Å²) in [6.07, 6.45) is 2.18. The summed E-state index contributed by atoms with van der Waals surface area (Å²) in [7, 11) is 2.17. The molecule has 0 N–H and O–H groups in total. The largest absolute Gasteiger partial charge is 0.368 e. The van der Waals surface area contributed by atoms with E-state index in [9.17, 15) is 0 Å². The van der Waals surface area contributed by atoms with Crippen molar-refractivity contribution in [3.63, 3.8) is 0 Å². The molecule has 0 aliphatic carbocycles. The lowest BCUT2D eigenvalue weighted by molar-refractivity contribution is -0.598. The van der Waals surface area contributed by atoms with Crippen molar-refractivity contribution in [2.45, 2.75) is 12.8 Å². The van der Waals surface area contributed by atoms with Crippen LogP contribution in [0.4, 0.5) is 5.69 Å². The van der Waals surface area contributed by atoms with E-state index in [1.54, 1.807) is 0 Å².